The van der Waals surface area contributed by atoms with Gasteiger partial charge in [0.25, 0.3) is 0 Å². The Kier molecular flexibility index (Phi) is 3.89. The van der Waals surface area contributed by atoms with E-state index in [1.165, 1.54) is 0 Å². The van der Waals surface area contributed by atoms with Crippen molar-refractivity contribution in [1.29, 1.82) is 0 Å². The summed E-state index contributed by atoms with van der Waals surface area (Å²) in [6, 6.07) is 8.54. The van der Waals surface area contributed by atoms with Gasteiger partial charge in [-0.15, -0.1) is 6.58 Å². The third-order valence-electron chi connectivity index (χ3n) is 1.92. The fourth-order valence-corrected chi connectivity index (χ4v) is 2.52. The summed E-state index contributed by atoms with van der Waals surface area (Å²) in [5, 5.41) is 0. The van der Waals surface area contributed by atoms with Crippen molar-refractivity contribution in [2.75, 3.05) is 5.75 Å². The SMILES string of the molecule is C=CCCCS(=O)(=O)c1ccccc1. The molecule has 0 aliphatic carbocycles. The Morgan fingerprint density at radius 2 is 1.86 bits per heavy atom. The van der Waals surface area contributed by atoms with E-state index < -0.39 is 9.84 Å². The number of unbranched alkanes of at least 4 members (excludes halogenated alkanes) is 1. The summed E-state index contributed by atoms with van der Waals surface area (Å²) in [6.45, 7) is 3.56. The van der Waals surface area contributed by atoms with Crippen LogP contribution < -0.4 is 0 Å². The third kappa shape index (κ3) is 3.00. The van der Waals surface area contributed by atoms with Crippen molar-refractivity contribution < 1.29 is 8.42 Å². The maximum absolute atomic E-state index is 11.7. The first-order valence-electron chi connectivity index (χ1n) is 4.55. The molecular weight excluding hydrogens is 196 g/mol. The van der Waals surface area contributed by atoms with E-state index in [0.29, 0.717) is 11.3 Å². The zero-order valence-corrected chi connectivity index (χ0v) is 8.83. The molecule has 3 heteroatoms. The quantitative estimate of drug-likeness (QED) is 0.552. The van der Waals surface area contributed by atoms with Crippen molar-refractivity contribution in [2.45, 2.75) is 17.7 Å². The molecule has 0 fully saturated rings. The van der Waals surface area contributed by atoms with Gasteiger partial charge in [0.15, 0.2) is 9.84 Å². The lowest BCUT2D eigenvalue weighted by atomic mass is 10.3. The highest BCUT2D eigenvalue weighted by atomic mass is 32.2. The second-order valence-electron chi connectivity index (χ2n) is 3.06. The zero-order chi connectivity index (χ0) is 10.4. The predicted molar refractivity (Wildman–Crippen MR) is 57.9 cm³/mol. The summed E-state index contributed by atoms with van der Waals surface area (Å²) < 4.78 is 23.3. The third-order valence-corrected chi connectivity index (χ3v) is 3.74. The highest BCUT2D eigenvalue weighted by molar-refractivity contribution is 7.91. The van der Waals surface area contributed by atoms with Crippen LogP contribution in [-0.4, -0.2) is 14.2 Å². The summed E-state index contributed by atoms with van der Waals surface area (Å²) in [7, 11) is -3.08. The van der Waals surface area contributed by atoms with Crippen LogP contribution in [0.1, 0.15) is 12.8 Å². The van der Waals surface area contributed by atoms with Gasteiger partial charge in [-0.2, -0.15) is 0 Å². The van der Waals surface area contributed by atoms with Crippen LogP contribution in [0.3, 0.4) is 0 Å². The first-order valence-corrected chi connectivity index (χ1v) is 6.21. The van der Waals surface area contributed by atoms with Crippen LogP contribution in [0.5, 0.6) is 0 Å². The Balaban J connectivity index is 2.72. The average Bonchev–Trinajstić information content (AvgIpc) is 2.19. The molecule has 0 saturated heterocycles. The molecular formula is C11H14O2S. The highest BCUT2D eigenvalue weighted by Crippen LogP contribution is 2.11. The molecule has 0 spiro atoms. The lowest BCUT2D eigenvalue weighted by Crippen LogP contribution is -2.06. The van der Waals surface area contributed by atoms with Gasteiger partial charge in [-0.1, -0.05) is 24.3 Å². The van der Waals surface area contributed by atoms with Gasteiger partial charge in [0.05, 0.1) is 10.6 Å². The molecule has 1 aromatic rings. The highest BCUT2D eigenvalue weighted by Gasteiger charge is 2.11. The Labute approximate surface area is 85.2 Å². The van der Waals surface area contributed by atoms with Gasteiger partial charge in [0.2, 0.25) is 0 Å². The van der Waals surface area contributed by atoms with Crippen molar-refractivity contribution >= 4 is 9.84 Å². The van der Waals surface area contributed by atoms with E-state index in [1.54, 1.807) is 30.3 Å². The molecule has 0 N–H and O–H groups in total. The van der Waals surface area contributed by atoms with Crippen LogP contribution in [-0.2, 0) is 9.84 Å². The van der Waals surface area contributed by atoms with Gasteiger partial charge < -0.3 is 0 Å². The maximum atomic E-state index is 11.7. The number of sulfone groups is 1. The summed E-state index contributed by atoms with van der Waals surface area (Å²) in [4.78, 5) is 0.407. The van der Waals surface area contributed by atoms with E-state index in [4.69, 9.17) is 0 Å². The second kappa shape index (κ2) is 4.96. The molecule has 14 heavy (non-hydrogen) atoms. The summed E-state index contributed by atoms with van der Waals surface area (Å²) in [5.74, 6) is 0.197. The smallest absolute Gasteiger partial charge is 0.178 e. The Hall–Kier alpha value is -1.09. The lowest BCUT2D eigenvalue weighted by Gasteiger charge is -2.02. The first kappa shape index (κ1) is 11.0. The number of hydrogen-bond donors (Lipinski definition) is 0. The van der Waals surface area contributed by atoms with Crippen LogP contribution in [0.2, 0.25) is 0 Å². The number of benzene rings is 1. The summed E-state index contributed by atoms with van der Waals surface area (Å²) in [6.07, 6.45) is 3.12. The molecule has 0 aromatic heterocycles. The fraction of sp³-hybridized carbons (Fsp3) is 0.273. The van der Waals surface area contributed by atoms with E-state index in [-0.39, 0.29) is 5.75 Å². The average molecular weight is 210 g/mol. The molecule has 0 bridgehead atoms. The molecule has 1 rings (SSSR count). The van der Waals surface area contributed by atoms with Crippen LogP contribution in [0, 0.1) is 0 Å². The van der Waals surface area contributed by atoms with Gasteiger partial charge in [-0.3, -0.25) is 0 Å². The lowest BCUT2D eigenvalue weighted by molar-refractivity contribution is 0.593. The van der Waals surface area contributed by atoms with Gasteiger partial charge in [-0.25, -0.2) is 8.42 Å². The minimum Gasteiger partial charge on any atom is -0.224 e. The molecule has 0 amide bonds. The minimum atomic E-state index is -3.08. The van der Waals surface area contributed by atoms with Crippen LogP contribution in [0.15, 0.2) is 47.9 Å². The normalized spacial score (nSPS) is 11.1. The van der Waals surface area contributed by atoms with Crippen molar-refractivity contribution in [2.24, 2.45) is 0 Å². The molecule has 0 aliphatic rings. The van der Waals surface area contributed by atoms with E-state index in [9.17, 15) is 8.42 Å². The van der Waals surface area contributed by atoms with E-state index in [0.717, 1.165) is 6.42 Å². The molecule has 0 atom stereocenters. The standard InChI is InChI=1S/C11H14O2S/c1-2-3-7-10-14(12,13)11-8-5-4-6-9-11/h2,4-6,8-9H,1,3,7,10H2. The van der Waals surface area contributed by atoms with Gasteiger partial charge in [-0.05, 0) is 25.0 Å². The van der Waals surface area contributed by atoms with Crippen LogP contribution >= 0.6 is 0 Å². The van der Waals surface area contributed by atoms with Gasteiger partial charge in [0.1, 0.15) is 0 Å². The van der Waals surface area contributed by atoms with E-state index in [2.05, 4.69) is 6.58 Å². The molecule has 0 aliphatic heterocycles. The van der Waals surface area contributed by atoms with Crippen molar-refractivity contribution in [3.8, 4) is 0 Å². The first-order chi connectivity index (χ1) is 6.67. The summed E-state index contributed by atoms with van der Waals surface area (Å²) >= 11 is 0. The van der Waals surface area contributed by atoms with E-state index >= 15 is 0 Å². The molecule has 76 valence electrons. The maximum Gasteiger partial charge on any atom is 0.178 e. The monoisotopic (exact) mass is 210 g/mol. The van der Waals surface area contributed by atoms with E-state index in [1.807, 2.05) is 6.07 Å². The van der Waals surface area contributed by atoms with Crippen LogP contribution in [0.25, 0.3) is 0 Å². The molecule has 1 aromatic carbocycles. The Bertz CT molecular complexity index is 379. The van der Waals surface area contributed by atoms with Gasteiger partial charge in [0, 0.05) is 0 Å². The largest absolute Gasteiger partial charge is 0.224 e. The number of rotatable bonds is 5. The fourth-order valence-electron chi connectivity index (χ4n) is 1.16. The van der Waals surface area contributed by atoms with Crippen molar-refractivity contribution in [3.63, 3.8) is 0 Å². The number of allylic oxidation sites excluding steroid dienone is 1. The number of hydrogen-bond acceptors (Lipinski definition) is 2. The van der Waals surface area contributed by atoms with Gasteiger partial charge >= 0.3 is 0 Å². The molecule has 0 heterocycles. The topological polar surface area (TPSA) is 34.1 Å². The molecule has 2 nitrogen and oxygen atoms in total. The minimum absolute atomic E-state index is 0.197. The zero-order valence-electron chi connectivity index (χ0n) is 8.02. The molecule has 0 unspecified atom stereocenters. The summed E-state index contributed by atoms with van der Waals surface area (Å²) in [5.41, 5.74) is 0. The molecule has 0 saturated carbocycles. The predicted octanol–water partition coefficient (Wildman–Crippen LogP) is 2.43. The second-order valence-corrected chi connectivity index (χ2v) is 5.17. The Morgan fingerprint density at radius 3 is 2.43 bits per heavy atom. The van der Waals surface area contributed by atoms with Crippen molar-refractivity contribution in [1.82, 2.24) is 0 Å². The Morgan fingerprint density at radius 1 is 1.21 bits per heavy atom. The molecule has 0 radical (unpaired) electrons. The van der Waals surface area contributed by atoms with Crippen LogP contribution in [0.4, 0.5) is 0 Å². The van der Waals surface area contributed by atoms with Crippen molar-refractivity contribution in [3.05, 3.63) is 43.0 Å².